The summed E-state index contributed by atoms with van der Waals surface area (Å²) in [4.78, 5) is 43.9. The Morgan fingerprint density at radius 3 is 2.53 bits per heavy atom. The van der Waals surface area contributed by atoms with Crippen LogP contribution < -0.4 is 16.2 Å². The fraction of sp³-hybridized carbons (Fsp3) is 0.0667. The maximum Gasteiger partial charge on any atom is 0.416 e. The number of alkyl halides is 3. The summed E-state index contributed by atoms with van der Waals surface area (Å²) < 4.78 is 69.5. The second-order valence-corrected chi connectivity index (χ2v) is 10.0. The standard InChI is InChI=1S/C30H16ClF5N4O3/c31-22-4-3-16(32)11-20(22)26-25-21(28(42)39-26)12-18(40-7-5-23-19(29(40)43)2-1-6-37-23)13-24(25)38-27(41)14-8-15(30(34,35)36)10-17(33)9-14/h1-13,26H,(H,38,41)(H,39,42). The van der Waals surface area contributed by atoms with E-state index in [0.29, 0.717) is 17.6 Å². The molecule has 2 N–H and O–H groups in total. The number of anilines is 1. The van der Waals surface area contributed by atoms with Gasteiger partial charge in [-0.15, -0.1) is 0 Å². The minimum atomic E-state index is -4.93. The largest absolute Gasteiger partial charge is 0.416 e. The second-order valence-electron chi connectivity index (χ2n) is 9.63. The Labute approximate surface area is 243 Å². The molecular weight excluding hydrogens is 595 g/mol. The number of pyridine rings is 2. The fourth-order valence-corrected chi connectivity index (χ4v) is 5.21. The van der Waals surface area contributed by atoms with E-state index in [9.17, 15) is 36.3 Å². The molecule has 7 nitrogen and oxygen atoms in total. The number of nitrogens with one attached hydrogen (secondary N) is 2. The minimum absolute atomic E-state index is 0.0217. The van der Waals surface area contributed by atoms with Crippen LogP contribution >= 0.6 is 11.6 Å². The zero-order valence-electron chi connectivity index (χ0n) is 21.5. The number of carbonyl (C=O) groups excluding carboxylic acids is 2. The Morgan fingerprint density at radius 1 is 0.977 bits per heavy atom. The van der Waals surface area contributed by atoms with Gasteiger partial charge in [-0.3, -0.25) is 23.9 Å². The van der Waals surface area contributed by atoms with E-state index in [1.54, 1.807) is 18.2 Å². The van der Waals surface area contributed by atoms with E-state index < -0.39 is 52.4 Å². The van der Waals surface area contributed by atoms with Crippen molar-refractivity contribution in [1.82, 2.24) is 14.9 Å². The van der Waals surface area contributed by atoms with Crippen molar-refractivity contribution in [1.29, 1.82) is 0 Å². The third kappa shape index (κ3) is 5.10. The number of rotatable bonds is 4. The molecule has 0 saturated heterocycles. The van der Waals surface area contributed by atoms with Gasteiger partial charge in [0.05, 0.1) is 28.2 Å². The summed E-state index contributed by atoms with van der Waals surface area (Å²) in [5.41, 5.74) is -1.92. The van der Waals surface area contributed by atoms with Crippen molar-refractivity contribution in [3.63, 3.8) is 0 Å². The molecule has 0 aliphatic carbocycles. The highest BCUT2D eigenvalue weighted by atomic mass is 35.5. The topological polar surface area (TPSA) is 93.1 Å². The summed E-state index contributed by atoms with van der Waals surface area (Å²) in [6.07, 6.45) is -2.02. The zero-order valence-corrected chi connectivity index (χ0v) is 22.2. The Balaban J connectivity index is 1.54. The van der Waals surface area contributed by atoms with E-state index in [1.165, 1.54) is 35.2 Å². The van der Waals surface area contributed by atoms with Crippen LogP contribution in [0.25, 0.3) is 16.6 Å². The van der Waals surface area contributed by atoms with E-state index >= 15 is 0 Å². The molecule has 1 aliphatic rings. The van der Waals surface area contributed by atoms with Crippen LogP contribution in [0.5, 0.6) is 0 Å². The minimum Gasteiger partial charge on any atom is -0.341 e. The van der Waals surface area contributed by atoms with Crippen molar-refractivity contribution in [3.05, 3.63) is 134 Å². The number of hydrogen-bond donors (Lipinski definition) is 2. The summed E-state index contributed by atoms with van der Waals surface area (Å²) in [7, 11) is 0. The molecule has 1 aliphatic heterocycles. The SMILES string of the molecule is O=C(Nc1cc(-n2ccc3ncccc3c2=O)cc2c1C(c1cc(F)ccc1Cl)NC2=O)c1cc(F)cc(C(F)(F)F)c1. The first-order chi connectivity index (χ1) is 20.4. The van der Waals surface area contributed by atoms with Gasteiger partial charge >= 0.3 is 6.18 Å². The van der Waals surface area contributed by atoms with Gasteiger partial charge in [-0.25, -0.2) is 8.78 Å². The molecule has 3 aromatic carbocycles. The zero-order chi connectivity index (χ0) is 30.6. The van der Waals surface area contributed by atoms with E-state index in [-0.39, 0.29) is 44.5 Å². The monoisotopic (exact) mass is 610 g/mol. The van der Waals surface area contributed by atoms with Crippen LogP contribution in [-0.2, 0) is 6.18 Å². The molecule has 1 unspecified atom stereocenters. The number of aromatic nitrogens is 2. The van der Waals surface area contributed by atoms with Crippen LogP contribution in [0.15, 0.2) is 83.9 Å². The molecule has 43 heavy (non-hydrogen) atoms. The van der Waals surface area contributed by atoms with E-state index in [0.717, 1.165) is 12.1 Å². The lowest BCUT2D eigenvalue weighted by molar-refractivity contribution is -0.137. The molecule has 3 heterocycles. The molecular formula is C30H16ClF5N4O3. The Kier molecular flexibility index (Phi) is 6.73. The van der Waals surface area contributed by atoms with E-state index in [2.05, 4.69) is 15.6 Å². The van der Waals surface area contributed by atoms with Crippen molar-refractivity contribution in [2.24, 2.45) is 0 Å². The van der Waals surface area contributed by atoms with Crippen molar-refractivity contribution >= 4 is 40.0 Å². The third-order valence-electron chi connectivity index (χ3n) is 6.93. The average Bonchev–Trinajstić information content (AvgIpc) is 3.30. The van der Waals surface area contributed by atoms with Crippen LogP contribution in [0.1, 0.15) is 43.4 Å². The van der Waals surface area contributed by atoms with Crippen molar-refractivity contribution in [2.75, 3.05) is 5.32 Å². The number of halogens is 6. The van der Waals surface area contributed by atoms with E-state index in [1.807, 2.05) is 0 Å². The molecule has 0 radical (unpaired) electrons. The van der Waals surface area contributed by atoms with Crippen LogP contribution in [0.2, 0.25) is 5.02 Å². The third-order valence-corrected chi connectivity index (χ3v) is 7.27. The van der Waals surface area contributed by atoms with Crippen molar-refractivity contribution < 1.29 is 31.5 Å². The molecule has 13 heteroatoms. The lowest BCUT2D eigenvalue weighted by atomic mass is 9.95. The molecule has 0 saturated carbocycles. The van der Waals surface area contributed by atoms with Crippen LogP contribution in [0.4, 0.5) is 27.6 Å². The number of hydrogen-bond acceptors (Lipinski definition) is 4. The molecule has 6 rings (SSSR count). The Morgan fingerprint density at radius 2 is 1.77 bits per heavy atom. The number of benzene rings is 3. The van der Waals surface area contributed by atoms with Gasteiger partial charge in [0.25, 0.3) is 17.4 Å². The summed E-state index contributed by atoms with van der Waals surface area (Å²) in [6, 6.07) is 11.1. The van der Waals surface area contributed by atoms with Gasteiger partial charge < -0.3 is 10.6 Å². The van der Waals surface area contributed by atoms with Crippen LogP contribution in [0, 0.1) is 11.6 Å². The first-order valence-electron chi connectivity index (χ1n) is 12.5. The number of nitrogens with zero attached hydrogens (tertiary/aromatic N) is 2. The number of carbonyl (C=O) groups is 2. The molecule has 5 aromatic rings. The predicted octanol–water partition coefficient (Wildman–Crippen LogP) is 6.42. The summed E-state index contributed by atoms with van der Waals surface area (Å²) in [6.45, 7) is 0. The first-order valence-corrected chi connectivity index (χ1v) is 12.9. The summed E-state index contributed by atoms with van der Waals surface area (Å²) in [5, 5.41) is 5.46. The van der Waals surface area contributed by atoms with Crippen LogP contribution in [-0.4, -0.2) is 21.4 Å². The molecule has 0 bridgehead atoms. The molecule has 0 spiro atoms. The maximum absolute atomic E-state index is 14.2. The van der Waals surface area contributed by atoms with Crippen LogP contribution in [0.3, 0.4) is 0 Å². The van der Waals surface area contributed by atoms with Gasteiger partial charge in [0.1, 0.15) is 11.6 Å². The summed E-state index contributed by atoms with van der Waals surface area (Å²) in [5.74, 6) is -3.75. The van der Waals surface area contributed by atoms with Gasteiger partial charge in [-0.1, -0.05) is 11.6 Å². The van der Waals surface area contributed by atoms with Crippen molar-refractivity contribution in [3.8, 4) is 5.69 Å². The molecule has 216 valence electrons. The molecule has 0 fully saturated rings. The lowest BCUT2D eigenvalue weighted by Gasteiger charge is -2.19. The summed E-state index contributed by atoms with van der Waals surface area (Å²) >= 11 is 6.32. The fourth-order valence-electron chi connectivity index (χ4n) is 4.99. The first kappa shape index (κ1) is 28.0. The Hall–Kier alpha value is -5.10. The van der Waals surface area contributed by atoms with Crippen molar-refractivity contribution in [2.45, 2.75) is 12.2 Å². The second kappa shape index (κ2) is 10.3. The normalized spacial score (nSPS) is 14.5. The molecule has 2 amide bonds. The van der Waals surface area contributed by atoms with Gasteiger partial charge in [0.2, 0.25) is 0 Å². The highest BCUT2D eigenvalue weighted by Crippen LogP contribution is 2.41. The highest BCUT2D eigenvalue weighted by Gasteiger charge is 2.36. The van der Waals surface area contributed by atoms with Gasteiger partial charge in [-0.05, 0) is 66.7 Å². The molecule has 1 atom stereocenters. The maximum atomic E-state index is 14.2. The quantitative estimate of drug-likeness (QED) is 0.230. The average molecular weight is 611 g/mol. The van der Waals surface area contributed by atoms with Gasteiger partial charge in [-0.2, -0.15) is 13.2 Å². The van der Waals surface area contributed by atoms with E-state index in [4.69, 9.17) is 11.6 Å². The number of fused-ring (bicyclic) bond motifs is 2. The highest BCUT2D eigenvalue weighted by molar-refractivity contribution is 6.31. The predicted molar refractivity (Wildman–Crippen MR) is 147 cm³/mol. The number of amides is 2. The van der Waals surface area contributed by atoms with Gasteiger partial charge in [0, 0.05) is 45.4 Å². The molecule has 2 aromatic heterocycles. The lowest BCUT2D eigenvalue weighted by Crippen LogP contribution is -2.21. The smallest absolute Gasteiger partial charge is 0.341 e. The van der Waals surface area contributed by atoms with Gasteiger partial charge in [0.15, 0.2) is 0 Å². The Bertz CT molecular complexity index is 2040.